The van der Waals surface area contributed by atoms with E-state index in [9.17, 15) is 9.59 Å². The van der Waals surface area contributed by atoms with Crippen molar-refractivity contribution in [2.24, 2.45) is 0 Å². The average Bonchev–Trinajstić information content (AvgIpc) is 2.29. The number of benzene rings is 1. The number of carbonyl (C=O) groups excluding carboxylic acids is 2. The third kappa shape index (κ3) is 2.63. The van der Waals surface area contributed by atoms with Gasteiger partial charge in [0.05, 0.1) is 6.54 Å². The van der Waals surface area contributed by atoms with Crippen molar-refractivity contribution in [1.82, 2.24) is 4.90 Å². The summed E-state index contributed by atoms with van der Waals surface area (Å²) < 4.78 is 0.746. The molecule has 0 aromatic heterocycles. The largest absolute Gasteiger partial charge is 0.398 e. The van der Waals surface area contributed by atoms with E-state index in [1.165, 1.54) is 16.7 Å². The number of nitrogens with zero attached hydrogens (tertiary/aromatic N) is 1. The van der Waals surface area contributed by atoms with Gasteiger partial charge >= 0.3 is 0 Å². The van der Waals surface area contributed by atoms with E-state index < -0.39 is 0 Å². The van der Waals surface area contributed by atoms with Crippen LogP contribution >= 0.6 is 27.7 Å². The van der Waals surface area contributed by atoms with E-state index in [2.05, 4.69) is 15.9 Å². The molecule has 0 atom stereocenters. The highest BCUT2D eigenvalue weighted by molar-refractivity contribution is 9.10. The molecule has 0 saturated carbocycles. The zero-order valence-corrected chi connectivity index (χ0v) is 11.4. The minimum absolute atomic E-state index is 0.122. The molecule has 2 amide bonds. The van der Waals surface area contributed by atoms with E-state index in [-0.39, 0.29) is 17.7 Å². The molecular weight excluding hydrogens is 304 g/mol. The van der Waals surface area contributed by atoms with Gasteiger partial charge in [0.1, 0.15) is 0 Å². The van der Waals surface area contributed by atoms with E-state index in [1.54, 1.807) is 6.07 Å². The van der Waals surface area contributed by atoms with E-state index in [0.717, 1.165) is 10.0 Å². The Labute approximate surface area is 112 Å². The van der Waals surface area contributed by atoms with Crippen LogP contribution < -0.4 is 5.73 Å². The molecule has 0 unspecified atom stereocenters. The van der Waals surface area contributed by atoms with Crippen LogP contribution in [0.3, 0.4) is 0 Å². The first kappa shape index (κ1) is 12.4. The number of thioether (sulfide) groups is 1. The van der Waals surface area contributed by atoms with Crippen LogP contribution in [-0.4, -0.2) is 21.8 Å². The smallest absolute Gasteiger partial charge is 0.288 e. The molecule has 90 valence electrons. The maximum absolute atomic E-state index is 11.7. The Hall–Kier alpha value is -1.01. The van der Waals surface area contributed by atoms with E-state index in [0.29, 0.717) is 17.9 Å². The fraction of sp³-hybridized carbons (Fsp3) is 0.273. The Balaban J connectivity index is 2.22. The molecule has 0 radical (unpaired) electrons. The van der Waals surface area contributed by atoms with Crippen LogP contribution in [0.1, 0.15) is 12.0 Å². The fourth-order valence-electron chi connectivity index (χ4n) is 1.59. The summed E-state index contributed by atoms with van der Waals surface area (Å²) in [5.74, 6) is 0.454. The van der Waals surface area contributed by atoms with Gasteiger partial charge in [0.15, 0.2) is 0 Å². The average molecular weight is 315 g/mol. The Morgan fingerprint density at radius 3 is 2.88 bits per heavy atom. The molecule has 0 bridgehead atoms. The van der Waals surface area contributed by atoms with Gasteiger partial charge in [-0.1, -0.05) is 23.9 Å². The Bertz CT molecular complexity index is 463. The fourth-order valence-corrected chi connectivity index (χ4v) is 2.75. The maximum Gasteiger partial charge on any atom is 0.288 e. The summed E-state index contributed by atoms with van der Waals surface area (Å²) >= 11 is 4.54. The van der Waals surface area contributed by atoms with Gasteiger partial charge in [-0.3, -0.25) is 14.5 Å². The molecule has 4 nitrogen and oxygen atoms in total. The minimum atomic E-state index is -0.185. The number of hydrogen-bond acceptors (Lipinski definition) is 4. The first-order valence-corrected chi connectivity index (χ1v) is 6.87. The highest BCUT2D eigenvalue weighted by atomic mass is 79.9. The molecular formula is C11H11BrN2O2S. The first-order valence-electron chi connectivity index (χ1n) is 5.09. The van der Waals surface area contributed by atoms with Crippen molar-refractivity contribution in [1.29, 1.82) is 0 Å². The van der Waals surface area contributed by atoms with Crippen LogP contribution in [0.5, 0.6) is 0 Å². The number of rotatable bonds is 2. The number of hydrogen-bond donors (Lipinski definition) is 1. The molecule has 1 heterocycles. The van der Waals surface area contributed by atoms with Gasteiger partial charge < -0.3 is 5.73 Å². The van der Waals surface area contributed by atoms with Gasteiger partial charge in [0, 0.05) is 22.3 Å². The van der Waals surface area contributed by atoms with Crippen LogP contribution in [0.25, 0.3) is 0 Å². The molecule has 1 aromatic rings. The van der Waals surface area contributed by atoms with Gasteiger partial charge in [-0.05, 0) is 27.6 Å². The summed E-state index contributed by atoms with van der Waals surface area (Å²) in [4.78, 5) is 24.5. The summed E-state index contributed by atoms with van der Waals surface area (Å²) in [6.45, 7) is 0.274. The number of carbonyl (C=O) groups is 2. The lowest BCUT2D eigenvalue weighted by Gasteiger charge is -2.24. The van der Waals surface area contributed by atoms with Gasteiger partial charge in [-0.2, -0.15) is 0 Å². The SMILES string of the molecule is Nc1cccc(CN2C(=O)CCSC2=O)c1Br. The maximum atomic E-state index is 11.7. The monoisotopic (exact) mass is 314 g/mol. The van der Waals surface area contributed by atoms with Crippen molar-refractivity contribution in [3.05, 3.63) is 28.2 Å². The molecule has 0 spiro atoms. The van der Waals surface area contributed by atoms with E-state index in [1.807, 2.05) is 12.1 Å². The van der Waals surface area contributed by atoms with Crippen LogP contribution in [0.15, 0.2) is 22.7 Å². The highest BCUT2D eigenvalue weighted by Crippen LogP contribution is 2.27. The van der Waals surface area contributed by atoms with E-state index >= 15 is 0 Å². The van der Waals surface area contributed by atoms with Crippen molar-refractivity contribution in [2.75, 3.05) is 11.5 Å². The second-order valence-corrected chi connectivity index (χ2v) is 5.50. The quantitative estimate of drug-likeness (QED) is 0.852. The van der Waals surface area contributed by atoms with Crippen molar-refractivity contribution < 1.29 is 9.59 Å². The molecule has 17 heavy (non-hydrogen) atoms. The molecule has 1 aromatic carbocycles. The molecule has 1 aliphatic rings. The second-order valence-electron chi connectivity index (χ2n) is 3.66. The summed E-state index contributed by atoms with van der Waals surface area (Å²) in [7, 11) is 0. The predicted molar refractivity (Wildman–Crippen MR) is 71.6 cm³/mol. The molecule has 2 rings (SSSR count). The van der Waals surface area contributed by atoms with Crippen LogP contribution in [0.4, 0.5) is 10.5 Å². The molecule has 6 heteroatoms. The summed E-state index contributed by atoms with van der Waals surface area (Å²) in [5.41, 5.74) is 7.20. The summed E-state index contributed by atoms with van der Waals surface area (Å²) in [6, 6.07) is 5.42. The lowest BCUT2D eigenvalue weighted by Crippen LogP contribution is -2.37. The molecule has 1 fully saturated rings. The number of nitrogen functional groups attached to an aromatic ring is 1. The van der Waals surface area contributed by atoms with Crippen molar-refractivity contribution in [3.8, 4) is 0 Å². The Morgan fingerprint density at radius 2 is 2.18 bits per heavy atom. The molecule has 2 N–H and O–H groups in total. The Morgan fingerprint density at radius 1 is 1.41 bits per heavy atom. The van der Waals surface area contributed by atoms with Crippen molar-refractivity contribution >= 4 is 44.5 Å². The lowest BCUT2D eigenvalue weighted by molar-refractivity contribution is -0.128. The third-order valence-electron chi connectivity index (χ3n) is 2.50. The molecule has 1 saturated heterocycles. The van der Waals surface area contributed by atoms with Crippen LogP contribution in [0, 0.1) is 0 Å². The van der Waals surface area contributed by atoms with Gasteiger partial charge in [-0.25, -0.2) is 0 Å². The van der Waals surface area contributed by atoms with Crippen molar-refractivity contribution in [2.45, 2.75) is 13.0 Å². The predicted octanol–water partition coefficient (Wildman–Crippen LogP) is 2.62. The topological polar surface area (TPSA) is 63.4 Å². The number of amides is 2. The van der Waals surface area contributed by atoms with Crippen molar-refractivity contribution in [3.63, 3.8) is 0 Å². The number of anilines is 1. The summed E-state index contributed by atoms with van der Waals surface area (Å²) in [6.07, 6.45) is 0.413. The highest BCUT2D eigenvalue weighted by Gasteiger charge is 2.27. The zero-order chi connectivity index (χ0) is 12.4. The number of halogens is 1. The first-order chi connectivity index (χ1) is 8.09. The number of imide groups is 1. The van der Waals surface area contributed by atoms with Gasteiger partial charge in [0.2, 0.25) is 5.91 Å². The van der Waals surface area contributed by atoms with E-state index in [4.69, 9.17) is 5.73 Å². The molecule has 1 aliphatic heterocycles. The normalized spacial score (nSPS) is 16.4. The standard InChI is InChI=1S/C11H11BrN2O2S/c12-10-7(2-1-3-8(10)13)6-14-9(15)4-5-17-11(14)16/h1-3H,4-6,13H2. The van der Waals surface area contributed by atoms with Crippen LogP contribution in [-0.2, 0) is 11.3 Å². The Kier molecular flexibility index (Phi) is 3.73. The third-order valence-corrected chi connectivity index (χ3v) is 4.34. The number of nitrogens with two attached hydrogens (primary N) is 1. The minimum Gasteiger partial charge on any atom is -0.398 e. The van der Waals surface area contributed by atoms with Crippen LogP contribution in [0.2, 0.25) is 0 Å². The molecule has 0 aliphatic carbocycles. The lowest BCUT2D eigenvalue weighted by atomic mass is 10.2. The second kappa shape index (κ2) is 5.10. The zero-order valence-electron chi connectivity index (χ0n) is 8.98. The summed E-state index contributed by atoms with van der Waals surface area (Å²) in [5, 5.41) is -0.185. The van der Waals surface area contributed by atoms with Gasteiger partial charge in [-0.15, -0.1) is 0 Å². The van der Waals surface area contributed by atoms with Gasteiger partial charge in [0.25, 0.3) is 5.24 Å².